The number of rotatable bonds is 6. The van der Waals surface area contributed by atoms with Crippen molar-refractivity contribution in [2.45, 2.75) is 58.5 Å². The van der Waals surface area contributed by atoms with E-state index in [9.17, 15) is 18.0 Å². The summed E-state index contributed by atoms with van der Waals surface area (Å²) in [5.41, 5.74) is 0.625. The number of carbonyl (C=O) groups excluding carboxylic acids is 1. The number of hydrogen-bond donors (Lipinski definition) is 1. The van der Waals surface area contributed by atoms with Gasteiger partial charge in [-0.1, -0.05) is 39.5 Å². The summed E-state index contributed by atoms with van der Waals surface area (Å²) in [4.78, 5) is 12.5. The lowest BCUT2D eigenvalue weighted by molar-refractivity contribution is -0.115. The minimum Gasteiger partial charge on any atom is -0.487 e. The SMILES string of the molecule is C=C(C)c1c(F)c(F)c(CC(=O)Nc2ccc(C(C)(C)C)cc2)c(OC2CC2)c1F. The van der Waals surface area contributed by atoms with Gasteiger partial charge in [0.15, 0.2) is 23.2 Å². The zero-order valence-corrected chi connectivity index (χ0v) is 17.7. The molecule has 2 aromatic rings. The fraction of sp³-hybridized carbons (Fsp3) is 0.375. The van der Waals surface area contributed by atoms with Crippen LogP contribution in [0.3, 0.4) is 0 Å². The second kappa shape index (κ2) is 8.17. The van der Waals surface area contributed by atoms with Gasteiger partial charge in [-0.15, -0.1) is 0 Å². The molecule has 0 heterocycles. The van der Waals surface area contributed by atoms with Gasteiger partial charge < -0.3 is 10.1 Å². The molecule has 3 rings (SSSR count). The highest BCUT2D eigenvalue weighted by atomic mass is 19.2. The van der Waals surface area contributed by atoms with Crippen LogP contribution in [0.15, 0.2) is 30.8 Å². The molecule has 0 saturated heterocycles. The summed E-state index contributed by atoms with van der Waals surface area (Å²) in [5.74, 6) is -4.68. The summed E-state index contributed by atoms with van der Waals surface area (Å²) in [7, 11) is 0. The topological polar surface area (TPSA) is 38.3 Å². The smallest absolute Gasteiger partial charge is 0.229 e. The Bertz CT molecular complexity index is 987. The number of hydrogen-bond acceptors (Lipinski definition) is 2. The van der Waals surface area contributed by atoms with Gasteiger partial charge in [-0.2, -0.15) is 0 Å². The minimum absolute atomic E-state index is 0.0409. The molecule has 1 N–H and O–H groups in total. The highest BCUT2D eigenvalue weighted by Gasteiger charge is 2.32. The fourth-order valence-electron chi connectivity index (χ4n) is 3.11. The number of benzene rings is 2. The van der Waals surface area contributed by atoms with Crippen LogP contribution in [-0.2, 0) is 16.6 Å². The van der Waals surface area contributed by atoms with E-state index in [0.29, 0.717) is 18.5 Å². The largest absolute Gasteiger partial charge is 0.487 e. The van der Waals surface area contributed by atoms with Crippen molar-refractivity contribution >= 4 is 17.2 Å². The zero-order chi connectivity index (χ0) is 22.2. The predicted octanol–water partition coefficient (Wildman–Crippen LogP) is 6.16. The standard InChI is InChI=1S/C24H26F3NO2/c1-13(2)19-21(26)20(25)17(23(22(19)27)30-16-10-11-16)12-18(29)28-15-8-6-14(7-9-15)24(3,4)5/h6-9,16H,1,10-12H2,2-5H3,(H,28,29). The summed E-state index contributed by atoms with van der Waals surface area (Å²) in [5, 5.41) is 2.65. The third kappa shape index (κ3) is 4.69. The Kier molecular flexibility index (Phi) is 5.97. The van der Waals surface area contributed by atoms with Gasteiger partial charge in [0.2, 0.25) is 5.91 Å². The third-order valence-corrected chi connectivity index (χ3v) is 4.98. The molecule has 0 aliphatic heterocycles. The van der Waals surface area contributed by atoms with Crippen molar-refractivity contribution in [3.63, 3.8) is 0 Å². The van der Waals surface area contributed by atoms with Crippen molar-refractivity contribution < 1.29 is 22.7 Å². The molecular weight excluding hydrogens is 391 g/mol. The molecule has 0 radical (unpaired) electrons. The lowest BCUT2D eigenvalue weighted by Crippen LogP contribution is -2.19. The number of ether oxygens (including phenoxy) is 1. The van der Waals surface area contributed by atoms with Crippen molar-refractivity contribution in [3.05, 3.63) is 65.0 Å². The molecule has 0 atom stereocenters. The summed E-state index contributed by atoms with van der Waals surface area (Å²) < 4.78 is 49.7. The van der Waals surface area contributed by atoms with Crippen LogP contribution in [0.2, 0.25) is 0 Å². The van der Waals surface area contributed by atoms with E-state index in [1.54, 1.807) is 12.1 Å². The summed E-state index contributed by atoms with van der Waals surface area (Å²) in [6.45, 7) is 11.1. The molecule has 0 bridgehead atoms. The Morgan fingerprint density at radius 1 is 1.10 bits per heavy atom. The number of halogens is 3. The Morgan fingerprint density at radius 2 is 1.70 bits per heavy atom. The second-order valence-electron chi connectivity index (χ2n) is 8.77. The number of anilines is 1. The lowest BCUT2D eigenvalue weighted by atomic mass is 9.87. The number of nitrogens with one attached hydrogen (secondary N) is 1. The molecule has 6 heteroatoms. The number of allylic oxidation sites excluding steroid dienone is 1. The lowest BCUT2D eigenvalue weighted by Gasteiger charge is -2.19. The maximum atomic E-state index is 14.9. The van der Waals surface area contributed by atoms with Gasteiger partial charge in [0.25, 0.3) is 0 Å². The highest BCUT2D eigenvalue weighted by molar-refractivity contribution is 5.92. The maximum absolute atomic E-state index is 14.9. The monoisotopic (exact) mass is 417 g/mol. The average molecular weight is 417 g/mol. The highest BCUT2D eigenvalue weighted by Crippen LogP contribution is 2.38. The molecule has 0 spiro atoms. The Balaban J connectivity index is 1.87. The first kappa shape index (κ1) is 21.9. The maximum Gasteiger partial charge on any atom is 0.229 e. The van der Waals surface area contributed by atoms with Crippen molar-refractivity contribution in [2.24, 2.45) is 0 Å². The summed E-state index contributed by atoms with van der Waals surface area (Å²) >= 11 is 0. The van der Waals surface area contributed by atoms with Crippen molar-refractivity contribution in [1.29, 1.82) is 0 Å². The van der Waals surface area contributed by atoms with E-state index in [0.717, 1.165) is 5.56 Å². The van der Waals surface area contributed by atoms with Gasteiger partial charge in [-0.25, -0.2) is 13.2 Å². The molecular formula is C24H26F3NO2. The van der Waals surface area contributed by atoms with E-state index in [-0.39, 0.29) is 17.1 Å². The van der Waals surface area contributed by atoms with Crippen LogP contribution >= 0.6 is 0 Å². The quantitative estimate of drug-likeness (QED) is 0.572. The molecule has 1 saturated carbocycles. The molecule has 30 heavy (non-hydrogen) atoms. The van der Waals surface area contributed by atoms with Gasteiger partial charge in [0.1, 0.15) is 0 Å². The zero-order valence-electron chi connectivity index (χ0n) is 17.7. The van der Waals surface area contributed by atoms with E-state index < -0.39 is 46.7 Å². The van der Waals surface area contributed by atoms with Crippen LogP contribution in [0.5, 0.6) is 5.75 Å². The summed E-state index contributed by atoms with van der Waals surface area (Å²) in [6.07, 6.45) is 0.590. The average Bonchev–Trinajstić information content (AvgIpc) is 3.46. The fourth-order valence-corrected chi connectivity index (χ4v) is 3.11. The first-order chi connectivity index (χ1) is 14.0. The Morgan fingerprint density at radius 3 is 2.20 bits per heavy atom. The van der Waals surface area contributed by atoms with Crippen LogP contribution in [0.25, 0.3) is 5.57 Å². The predicted molar refractivity (Wildman–Crippen MR) is 112 cm³/mol. The Labute approximate surface area is 174 Å². The van der Waals surface area contributed by atoms with Crippen LogP contribution < -0.4 is 10.1 Å². The van der Waals surface area contributed by atoms with Gasteiger partial charge in [0.05, 0.1) is 18.1 Å². The van der Waals surface area contributed by atoms with Crippen LogP contribution in [0, 0.1) is 17.5 Å². The molecule has 1 fully saturated rings. The van der Waals surface area contributed by atoms with Crippen LogP contribution in [0.4, 0.5) is 18.9 Å². The van der Waals surface area contributed by atoms with E-state index in [4.69, 9.17) is 4.74 Å². The molecule has 160 valence electrons. The van der Waals surface area contributed by atoms with Gasteiger partial charge in [0, 0.05) is 11.3 Å². The van der Waals surface area contributed by atoms with Gasteiger partial charge >= 0.3 is 0 Å². The Hall–Kier alpha value is -2.76. The molecule has 1 aliphatic rings. The minimum atomic E-state index is -1.36. The normalized spacial score (nSPS) is 13.8. The number of carbonyl (C=O) groups is 1. The second-order valence-corrected chi connectivity index (χ2v) is 8.77. The summed E-state index contributed by atoms with van der Waals surface area (Å²) in [6, 6.07) is 7.25. The molecule has 2 aromatic carbocycles. The third-order valence-electron chi connectivity index (χ3n) is 4.98. The molecule has 0 aromatic heterocycles. The van der Waals surface area contributed by atoms with Crippen molar-refractivity contribution in [2.75, 3.05) is 5.32 Å². The first-order valence-electron chi connectivity index (χ1n) is 9.91. The van der Waals surface area contributed by atoms with Gasteiger partial charge in [-0.3, -0.25) is 4.79 Å². The molecule has 1 amide bonds. The van der Waals surface area contributed by atoms with E-state index in [2.05, 4.69) is 32.7 Å². The van der Waals surface area contributed by atoms with Gasteiger partial charge in [-0.05, 0) is 48.4 Å². The van der Waals surface area contributed by atoms with Crippen LogP contribution in [0.1, 0.15) is 57.2 Å². The van der Waals surface area contributed by atoms with Crippen LogP contribution in [-0.4, -0.2) is 12.0 Å². The van der Waals surface area contributed by atoms with E-state index >= 15 is 0 Å². The van der Waals surface area contributed by atoms with E-state index in [1.807, 2.05) is 12.1 Å². The number of amides is 1. The molecule has 0 unspecified atom stereocenters. The van der Waals surface area contributed by atoms with Crippen molar-refractivity contribution in [1.82, 2.24) is 0 Å². The first-order valence-corrected chi connectivity index (χ1v) is 9.91. The molecule has 1 aliphatic carbocycles. The molecule has 3 nitrogen and oxygen atoms in total. The van der Waals surface area contributed by atoms with Crippen molar-refractivity contribution in [3.8, 4) is 5.75 Å². The van der Waals surface area contributed by atoms with E-state index in [1.165, 1.54) is 6.92 Å².